The third kappa shape index (κ3) is 3.39. The highest BCUT2D eigenvalue weighted by Gasteiger charge is 2.33. The van der Waals surface area contributed by atoms with Crippen LogP contribution in [0, 0.1) is 10.1 Å². The van der Waals surface area contributed by atoms with Gasteiger partial charge in [0.05, 0.1) is 21.2 Å². The molecular weight excluding hydrogens is 518 g/mol. The maximum atomic E-state index is 13.6. The largest absolute Gasteiger partial charge is 0.450 e. The lowest BCUT2D eigenvalue weighted by molar-refractivity contribution is -0.384. The second-order valence-corrected chi connectivity index (χ2v) is 9.90. The molecule has 6 rings (SSSR count). The van der Waals surface area contributed by atoms with Crippen LogP contribution in [0.3, 0.4) is 0 Å². The second kappa shape index (κ2) is 8.03. The van der Waals surface area contributed by atoms with Crippen molar-refractivity contribution in [3.05, 3.63) is 123 Å². The van der Waals surface area contributed by atoms with E-state index < -0.39 is 11.0 Å². The van der Waals surface area contributed by atoms with Crippen molar-refractivity contribution < 1.29 is 9.34 Å². The van der Waals surface area contributed by atoms with Crippen molar-refractivity contribution in [3.63, 3.8) is 0 Å². The first-order valence-corrected chi connectivity index (χ1v) is 12.2. The Hall–Kier alpha value is -3.56. The van der Waals surface area contributed by atoms with Gasteiger partial charge in [0.2, 0.25) is 0 Å². The molecule has 2 aromatic carbocycles. The van der Waals surface area contributed by atoms with E-state index in [0.29, 0.717) is 25.3 Å². The fraction of sp³-hybridized carbons (Fsp3) is 0.120. The lowest BCUT2D eigenvalue weighted by Gasteiger charge is -2.30. The van der Waals surface area contributed by atoms with E-state index in [0.717, 1.165) is 29.7 Å². The van der Waals surface area contributed by atoms with Crippen molar-refractivity contribution in [2.45, 2.75) is 18.9 Å². The maximum absolute atomic E-state index is 13.6. The minimum Gasteiger partial charge on any atom is -0.450 e. The maximum Gasteiger partial charge on any atom is 0.271 e. The van der Waals surface area contributed by atoms with E-state index in [4.69, 9.17) is 9.41 Å². The van der Waals surface area contributed by atoms with Gasteiger partial charge in [0, 0.05) is 23.8 Å². The summed E-state index contributed by atoms with van der Waals surface area (Å²) in [6.07, 6.45) is 3.24. The summed E-state index contributed by atoms with van der Waals surface area (Å²) in [5.74, 6) is 0.554. The molecule has 0 fully saturated rings. The fourth-order valence-corrected chi connectivity index (χ4v) is 5.97. The number of hydrogen-bond donors (Lipinski definition) is 0. The molecule has 0 amide bonds. The summed E-state index contributed by atoms with van der Waals surface area (Å²) in [7, 11) is 0. The van der Waals surface area contributed by atoms with E-state index >= 15 is 0 Å². The number of fused-ring (bicyclic) bond motifs is 3. The SMILES string of the molecule is O=c1c(=Cc2ccc(Br)o2)sc2n1C(c1cccc([N+](=O)[O-])c1)C1=C(N=2)c2ccccc2CC1. The molecule has 0 saturated heterocycles. The number of hydrogen-bond acceptors (Lipinski definition) is 6. The molecule has 34 heavy (non-hydrogen) atoms. The molecule has 7 nitrogen and oxygen atoms in total. The predicted octanol–water partition coefficient (Wildman–Crippen LogP) is 4.58. The van der Waals surface area contributed by atoms with Crippen LogP contribution in [-0.2, 0) is 6.42 Å². The van der Waals surface area contributed by atoms with Gasteiger partial charge in [-0.1, -0.05) is 47.7 Å². The van der Waals surface area contributed by atoms with Gasteiger partial charge in [0.15, 0.2) is 9.47 Å². The number of benzene rings is 2. The number of nitrogens with zero attached hydrogens (tertiary/aromatic N) is 3. The summed E-state index contributed by atoms with van der Waals surface area (Å²) in [6, 6.07) is 17.8. The number of rotatable bonds is 3. The van der Waals surface area contributed by atoms with Crippen molar-refractivity contribution in [3.8, 4) is 0 Å². The summed E-state index contributed by atoms with van der Waals surface area (Å²) in [6.45, 7) is 0. The van der Waals surface area contributed by atoms with Crippen LogP contribution < -0.4 is 14.9 Å². The predicted molar refractivity (Wildman–Crippen MR) is 132 cm³/mol. The Bertz CT molecular complexity index is 1700. The molecule has 0 saturated carbocycles. The van der Waals surface area contributed by atoms with Gasteiger partial charge < -0.3 is 4.42 Å². The normalized spacial score (nSPS) is 17.1. The molecule has 1 atom stereocenters. The number of allylic oxidation sites excluding steroid dienone is 1. The molecule has 0 radical (unpaired) electrons. The highest BCUT2D eigenvalue weighted by atomic mass is 79.9. The van der Waals surface area contributed by atoms with Crippen molar-refractivity contribution >= 4 is 44.7 Å². The Kier molecular flexibility index (Phi) is 4.96. The zero-order valence-electron chi connectivity index (χ0n) is 17.6. The van der Waals surface area contributed by atoms with Gasteiger partial charge in [-0.05, 0) is 57.6 Å². The first kappa shape index (κ1) is 21.0. The molecule has 1 aliphatic heterocycles. The van der Waals surface area contributed by atoms with Gasteiger partial charge in [-0.3, -0.25) is 19.5 Å². The average Bonchev–Trinajstić information content (AvgIpc) is 3.40. The highest BCUT2D eigenvalue weighted by Crippen LogP contribution is 2.41. The number of furan rings is 1. The monoisotopic (exact) mass is 533 g/mol. The van der Waals surface area contributed by atoms with Crippen LogP contribution in [0.2, 0.25) is 0 Å². The van der Waals surface area contributed by atoms with Crippen LogP contribution in [0.4, 0.5) is 5.69 Å². The minimum atomic E-state index is -0.468. The number of nitro benzene ring substituents is 1. The van der Waals surface area contributed by atoms with Crippen LogP contribution in [0.1, 0.15) is 34.9 Å². The van der Waals surface area contributed by atoms with Crippen LogP contribution in [0.15, 0.2) is 85.1 Å². The Morgan fingerprint density at radius 1 is 1.15 bits per heavy atom. The van der Waals surface area contributed by atoms with E-state index in [1.54, 1.807) is 34.9 Å². The molecule has 3 heterocycles. The second-order valence-electron chi connectivity index (χ2n) is 8.11. The number of aryl methyl sites for hydroxylation is 1. The summed E-state index contributed by atoms with van der Waals surface area (Å²) < 4.78 is 8.31. The van der Waals surface area contributed by atoms with Crippen molar-refractivity contribution in [2.75, 3.05) is 0 Å². The van der Waals surface area contributed by atoms with Gasteiger partial charge in [-0.15, -0.1) is 0 Å². The van der Waals surface area contributed by atoms with E-state index in [1.807, 2.05) is 24.3 Å². The molecule has 2 aromatic heterocycles. The molecule has 4 aromatic rings. The minimum absolute atomic E-state index is 0.00424. The Labute approximate surface area is 205 Å². The summed E-state index contributed by atoms with van der Waals surface area (Å²) in [5, 5.41) is 11.5. The van der Waals surface area contributed by atoms with Crippen LogP contribution in [0.25, 0.3) is 11.8 Å². The van der Waals surface area contributed by atoms with Crippen LogP contribution >= 0.6 is 27.3 Å². The molecule has 0 spiro atoms. The van der Waals surface area contributed by atoms with Gasteiger partial charge in [-0.25, -0.2) is 4.99 Å². The van der Waals surface area contributed by atoms with Crippen LogP contribution in [-0.4, -0.2) is 9.49 Å². The Morgan fingerprint density at radius 3 is 2.79 bits per heavy atom. The zero-order chi connectivity index (χ0) is 23.4. The number of aromatic nitrogens is 1. The van der Waals surface area contributed by atoms with Crippen molar-refractivity contribution in [1.29, 1.82) is 0 Å². The van der Waals surface area contributed by atoms with Gasteiger partial charge in [-0.2, -0.15) is 0 Å². The van der Waals surface area contributed by atoms with E-state index in [2.05, 4.69) is 22.0 Å². The molecular formula is C25H16BrN3O4S. The van der Waals surface area contributed by atoms with E-state index in [-0.39, 0.29) is 11.2 Å². The third-order valence-electron chi connectivity index (χ3n) is 6.14. The van der Waals surface area contributed by atoms with E-state index in [1.165, 1.54) is 23.0 Å². The standard InChI is InChI=1S/C25H16BrN3O4S/c26-21-11-9-17(33-21)13-20-24(30)28-23(15-5-3-6-16(12-15)29(31)32)19-10-8-14-4-1-2-7-18(14)22(19)27-25(28)34-20/h1-7,9,11-13,23H,8,10H2. The van der Waals surface area contributed by atoms with Crippen molar-refractivity contribution in [2.24, 2.45) is 4.99 Å². The van der Waals surface area contributed by atoms with Gasteiger partial charge >= 0.3 is 0 Å². The average molecular weight is 534 g/mol. The third-order valence-corrected chi connectivity index (χ3v) is 7.55. The first-order chi connectivity index (χ1) is 16.5. The number of halogens is 1. The fourth-order valence-electron chi connectivity index (χ4n) is 4.67. The lowest BCUT2D eigenvalue weighted by atomic mass is 9.83. The number of nitro groups is 1. The van der Waals surface area contributed by atoms with Gasteiger partial charge in [0.25, 0.3) is 11.2 Å². The van der Waals surface area contributed by atoms with Crippen LogP contribution in [0.5, 0.6) is 0 Å². The van der Waals surface area contributed by atoms with E-state index in [9.17, 15) is 14.9 Å². The molecule has 0 N–H and O–H groups in total. The first-order valence-electron chi connectivity index (χ1n) is 10.6. The summed E-state index contributed by atoms with van der Waals surface area (Å²) >= 11 is 4.58. The van der Waals surface area contributed by atoms with Crippen molar-refractivity contribution in [1.82, 2.24) is 4.57 Å². The topological polar surface area (TPSA) is 90.6 Å². The van der Waals surface area contributed by atoms with Gasteiger partial charge in [0.1, 0.15) is 5.76 Å². The molecule has 2 aliphatic rings. The quantitative estimate of drug-likeness (QED) is 0.284. The molecule has 9 heteroatoms. The smallest absolute Gasteiger partial charge is 0.271 e. The molecule has 1 aliphatic carbocycles. The lowest BCUT2D eigenvalue weighted by Crippen LogP contribution is -2.38. The molecule has 168 valence electrons. The zero-order valence-corrected chi connectivity index (χ0v) is 20.0. The summed E-state index contributed by atoms with van der Waals surface area (Å²) in [4.78, 5) is 30.2. The summed E-state index contributed by atoms with van der Waals surface area (Å²) in [5.41, 5.74) is 4.61. The Morgan fingerprint density at radius 2 is 2.00 bits per heavy atom. The number of non-ortho nitro benzene ring substituents is 1. The highest BCUT2D eigenvalue weighted by molar-refractivity contribution is 9.10. The number of thiazole rings is 1. The molecule has 1 unspecified atom stereocenters. The Balaban J connectivity index is 1.64. The molecule has 0 bridgehead atoms.